The molecule has 0 saturated carbocycles. The fraction of sp³-hybridized carbons (Fsp3) is 0.238. The highest BCUT2D eigenvalue weighted by Crippen LogP contribution is 2.29. The van der Waals surface area contributed by atoms with Crippen LogP contribution >= 0.6 is 11.6 Å². The molecule has 2 aromatic carbocycles. The van der Waals surface area contributed by atoms with Crippen LogP contribution in [0.4, 0.5) is 0 Å². The predicted octanol–water partition coefficient (Wildman–Crippen LogP) is 4.28. The van der Waals surface area contributed by atoms with E-state index in [1.165, 1.54) is 0 Å². The van der Waals surface area contributed by atoms with Gasteiger partial charge in [0.2, 0.25) is 11.7 Å². The number of hydrogen-bond donors (Lipinski definition) is 0. The zero-order valence-corrected chi connectivity index (χ0v) is 15.8. The first-order chi connectivity index (χ1) is 13.6. The normalized spacial score (nSPS) is 14.6. The predicted molar refractivity (Wildman–Crippen MR) is 104 cm³/mol. The Labute approximate surface area is 167 Å². The van der Waals surface area contributed by atoms with Gasteiger partial charge in [0, 0.05) is 35.2 Å². The van der Waals surface area contributed by atoms with E-state index in [4.69, 9.17) is 21.4 Å². The van der Waals surface area contributed by atoms with E-state index in [-0.39, 0.29) is 11.8 Å². The van der Waals surface area contributed by atoms with Crippen LogP contribution in [0, 0.1) is 11.3 Å². The molecule has 0 spiro atoms. The molecule has 7 heteroatoms. The Morgan fingerprint density at radius 3 is 2.43 bits per heavy atom. The summed E-state index contributed by atoms with van der Waals surface area (Å²) in [5, 5.41) is 13.6. The number of piperidine rings is 1. The van der Waals surface area contributed by atoms with Gasteiger partial charge in [0.25, 0.3) is 5.91 Å². The summed E-state index contributed by atoms with van der Waals surface area (Å²) in [4.78, 5) is 19.0. The number of rotatable bonds is 3. The SMILES string of the molecule is N#Cc1ccc(C(=O)N2CCC(c3nc(-c4ccc(Cl)cc4)no3)CC2)cc1. The van der Waals surface area contributed by atoms with Crippen LogP contribution in [-0.2, 0) is 0 Å². The first-order valence-electron chi connectivity index (χ1n) is 9.03. The number of nitrogens with zero attached hydrogens (tertiary/aromatic N) is 4. The van der Waals surface area contributed by atoms with E-state index in [9.17, 15) is 4.79 Å². The van der Waals surface area contributed by atoms with Crippen LogP contribution in [-0.4, -0.2) is 34.0 Å². The molecule has 1 amide bonds. The van der Waals surface area contributed by atoms with Crippen LogP contribution in [0.15, 0.2) is 53.1 Å². The van der Waals surface area contributed by atoms with Gasteiger partial charge < -0.3 is 9.42 Å². The summed E-state index contributed by atoms with van der Waals surface area (Å²) in [5.74, 6) is 1.27. The number of hydrogen-bond acceptors (Lipinski definition) is 5. The number of aromatic nitrogens is 2. The van der Waals surface area contributed by atoms with Gasteiger partial charge in [-0.15, -0.1) is 0 Å². The monoisotopic (exact) mass is 392 g/mol. The van der Waals surface area contributed by atoms with Gasteiger partial charge >= 0.3 is 0 Å². The maximum atomic E-state index is 12.6. The van der Waals surface area contributed by atoms with Gasteiger partial charge in [-0.1, -0.05) is 16.8 Å². The lowest BCUT2D eigenvalue weighted by atomic mass is 9.96. The largest absolute Gasteiger partial charge is 0.339 e. The van der Waals surface area contributed by atoms with Gasteiger partial charge in [0.15, 0.2) is 0 Å². The zero-order chi connectivity index (χ0) is 19.5. The lowest BCUT2D eigenvalue weighted by Crippen LogP contribution is -2.38. The summed E-state index contributed by atoms with van der Waals surface area (Å²) >= 11 is 5.91. The second-order valence-electron chi connectivity index (χ2n) is 6.72. The van der Waals surface area contributed by atoms with Crippen molar-refractivity contribution in [3.05, 3.63) is 70.6 Å². The molecular formula is C21H17ClN4O2. The zero-order valence-electron chi connectivity index (χ0n) is 15.0. The molecule has 1 aromatic heterocycles. The lowest BCUT2D eigenvalue weighted by Gasteiger charge is -2.30. The van der Waals surface area contributed by atoms with Crippen molar-refractivity contribution in [1.82, 2.24) is 15.0 Å². The van der Waals surface area contributed by atoms with E-state index in [0.29, 0.717) is 41.0 Å². The molecule has 6 nitrogen and oxygen atoms in total. The topological polar surface area (TPSA) is 83.0 Å². The number of carbonyl (C=O) groups excluding carboxylic acids is 1. The summed E-state index contributed by atoms with van der Waals surface area (Å²) in [7, 11) is 0. The van der Waals surface area contributed by atoms with Crippen molar-refractivity contribution >= 4 is 17.5 Å². The van der Waals surface area contributed by atoms with Gasteiger partial charge in [-0.05, 0) is 61.4 Å². The highest BCUT2D eigenvalue weighted by Gasteiger charge is 2.28. The first kappa shape index (κ1) is 18.2. The number of nitriles is 1. The molecule has 0 unspecified atom stereocenters. The molecule has 0 atom stereocenters. The van der Waals surface area contributed by atoms with Crippen LogP contribution in [0.1, 0.15) is 40.6 Å². The average molecular weight is 393 g/mol. The molecule has 1 saturated heterocycles. The lowest BCUT2D eigenvalue weighted by molar-refractivity contribution is 0.0704. The minimum absolute atomic E-state index is 0.0182. The molecule has 0 N–H and O–H groups in total. The number of likely N-dealkylation sites (tertiary alicyclic amines) is 1. The molecular weight excluding hydrogens is 376 g/mol. The van der Waals surface area contributed by atoms with Crippen LogP contribution in [0.3, 0.4) is 0 Å². The van der Waals surface area contributed by atoms with Crippen LogP contribution in [0.2, 0.25) is 5.02 Å². The third-order valence-electron chi connectivity index (χ3n) is 4.94. The summed E-state index contributed by atoms with van der Waals surface area (Å²) in [6.07, 6.45) is 1.54. The summed E-state index contributed by atoms with van der Waals surface area (Å²) < 4.78 is 5.47. The van der Waals surface area contributed by atoms with E-state index < -0.39 is 0 Å². The van der Waals surface area contributed by atoms with E-state index in [1.807, 2.05) is 17.0 Å². The second kappa shape index (κ2) is 7.83. The molecule has 0 aliphatic carbocycles. The molecule has 140 valence electrons. The average Bonchev–Trinajstić information content (AvgIpc) is 3.24. The van der Waals surface area contributed by atoms with Crippen LogP contribution < -0.4 is 0 Å². The van der Waals surface area contributed by atoms with Gasteiger partial charge in [0.05, 0.1) is 11.6 Å². The van der Waals surface area contributed by atoms with E-state index in [0.717, 1.165) is 18.4 Å². The van der Waals surface area contributed by atoms with Gasteiger partial charge in [-0.2, -0.15) is 10.2 Å². The quantitative estimate of drug-likeness (QED) is 0.664. The van der Waals surface area contributed by atoms with Crippen molar-refractivity contribution in [2.45, 2.75) is 18.8 Å². The van der Waals surface area contributed by atoms with Crippen molar-refractivity contribution in [3.8, 4) is 17.5 Å². The van der Waals surface area contributed by atoms with Crippen molar-refractivity contribution in [2.24, 2.45) is 0 Å². The number of halogens is 1. The molecule has 0 radical (unpaired) electrons. The maximum Gasteiger partial charge on any atom is 0.253 e. The van der Waals surface area contributed by atoms with Gasteiger partial charge in [-0.3, -0.25) is 4.79 Å². The minimum Gasteiger partial charge on any atom is -0.339 e. The molecule has 28 heavy (non-hydrogen) atoms. The first-order valence-corrected chi connectivity index (χ1v) is 9.41. The second-order valence-corrected chi connectivity index (χ2v) is 7.16. The summed E-state index contributed by atoms with van der Waals surface area (Å²) in [6, 6.07) is 16.1. The Morgan fingerprint density at radius 2 is 1.79 bits per heavy atom. The Morgan fingerprint density at radius 1 is 1.11 bits per heavy atom. The van der Waals surface area contributed by atoms with Gasteiger partial charge in [0.1, 0.15) is 0 Å². The molecule has 1 aliphatic heterocycles. The fourth-order valence-electron chi connectivity index (χ4n) is 3.32. The third kappa shape index (κ3) is 3.75. The van der Waals surface area contributed by atoms with E-state index >= 15 is 0 Å². The summed E-state index contributed by atoms with van der Waals surface area (Å²) in [6.45, 7) is 1.25. The maximum absolute atomic E-state index is 12.6. The molecule has 1 fully saturated rings. The number of benzene rings is 2. The summed E-state index contributed by atoms with van der Waals surface area (Å²) in [5.41, 5.74) is 2.00. The standard InChI is InChI=1S/C21H17ClN4O2/c22-18-7-5-15(6-8-18)19-24-20(28-25-19)16-9-11-26(12-10-16)21(27)17-3-1-14(13-23)2-4-17/h1-8,16H,9-12H2. The fourth-order valence-corrected chi connectivity index (χ4v) is 3.44. The van der Waals surface area contributed by atoms with E-state index in [2.05, 4.69) is 16.2 Å². The number of amides is 1. The molecule has 0 bridgehead atoms. The molecule has 4 rings (SSSR count). The Kier molecular flexibility index (Phi) is 5.09. The molecule has 1 aliphatic rings. The number of carbonyl (C=O) groups is 1. The van der Waals surface area contributed by atoms with Crippen molar-refractivity contribution < 1.29 is 9.32 Å². The Balaban J connectivity index is 1.39. The smallest absolute Gasteiger partial charge is 0.253 e. The van der Waals surface area contributed by atoms with Crippen molar-refractivity contribution in [2.75, 3.05) is 13.1 Å². The molecule has 2 heterocycles. The van der Waals surface area contributed by atoms with Gasteiger partial charge in [-0.25, -0.2) is 0 Å². The Hall–Kier alpha value is -3.17. The Bertz CT molecular complexity index is 1010. The third-order valence-corrected chi connectivity index (χ3v) is 5.19. The van der Waals surface area contributed by atoms with Crippen LogP contribution in [0.25, 0.3) is 11.4 Å². The van der Waals surface area contributed by atoms with E-state index in [1.54, 1.807) is 36.4 Å². The molecule has 3 aromatic rings. The van der Waals surface area contributed by atoms with Crippen LogP contribution in [0.5, 0.6) is 0 Å². The highest BCUT2D eigenvalue weighted by atomic mass is 35.5. The van der Waals surface area contributed by atoms with Crippen molar-refractivity contribution in [1.29, 1.82) is 5.26 Å². The van der Waals surface area contributed by atoms with Crippen molar-refractivity contribution in [3.63, 3.8) is 0 Å². The minimum atomic E-state index is -0.0182. The highest BCUT2D eigenvalue weighted by molar-refractivity contribution is 6.30.